The molecule has 0 fully saturated rings. The van der Waals surface area contributed by atoms with Crippen molar-refractivity contribution in [3.05, 3.63) is 29.3 Å². The van der Waals surface area contributed by atoms with Gasteiger partial charge in [0.2, 0.25) is 0 Å². The lowest BCUT2D eigenvalue weighted by Gasteiger charge is -2.17. The van der Waals surface area contributed by atoms with Gasteiger partial charge in [0.1, 0.15) is 5.75 Å². The number of unbranched alkanes of at least 4 members (excludes halogenated alkanes) is 1. The largest absolute Gasteiger partial charge is 0.508 e. The average Bonchev–Trinajstić information content (AvgIpc) is 2.39. The Balaban J connectivity index is 2.72. The smallest absolute Gasteiger partial charge is 0.335 e. The predicted octanol–water partition coefficient (Wildman–Crippen LogP) is 2.60. The SMILES string of the molecule is CCCCO[C@@H](Cc1ccc(O)cc1C)C(=O)OC. The molecule has 0 radical (unpaired) electrons. The molecule has 4 nitrogen and oxygen atoms in total. The number of hydrogen-bond acceptors (Lipinski definition) is 4. The van der Waals surface area contributed by atoms with Crippen molar-refractivity contribution in [2.24, 2.45) is 0 Å². The molecule has 0 aliphatic rings. The van der Waals surface area contributed by atoms with Gasteiger partial charge in [-0.2, -0.15) is 0 Å². The maximum atomic E-state index is 11.7. The number of esters is 1. The van der Waals surface area contributed by atoms with Crippen molar-refractivity contribution in [1.82, 2.24) is 0 Å². The van der Waals surface area contributed by atoms with Crippen molar-refractivity contribution in [2.45, 2.75) is 39.2 Å². The van der Waals surface area contributed by atoms with Gasteiger partial charge < -0.3 is 14.6 Å². The summed E-state index contributed by atoms with van der Waals surface area (Å²) >= 11 is 0. The molecule has 0 aliphatic carbocycles. The minimum atomic E-state index is -0.584. The zero-order valence-electron chi connectivity index (χ0n) is 11.8. The Morgan fingerprint density at radius 2 is 2.16 bits per heavy atom. The van der Waals surface area contributed by atoms with Gasteiger partial charge in [-0.15, -0.1) is 0 Å². The predicted molar refractivity (Wildman–Crippen MR) is 73.2 cm³/mol. The van der Waals surface area contributed by atoms with Crippen LogP contribution in [0, 0.1) is 6.92 Å². The number of aromatic hydroxyl groups is 1. The third-order valence-electron chi connectivity index (χ3n) is 3.01. The fraction of sp³-hybridized carbons (Fsp3) is 0.533. The lowest BCUT2D eigenvalue weighted by atomic mass is 10.0. The molecular formula is C15H22O4. The highest BCUT2D eigenvalue weighted by molar-refractivity contribution is 5.75. The summed E-state index contributed by atoms with van der Waals surface area (Å²) in [7, 11) is 1.36. The first-order valence-corrected chi connectivity index (χ1v) is 6.56. The number of methoxy groups -OCH3 is 1. The van der Waals surface area contributed by atoms with Crippen molar-refractivity contribution >= 4 is 5.97 Å². The van der Waals surface area contributed by atoms with Crippen LogP contribution in [0.25, 0.3) is 0 Å². The Hall–Kier alpha value is -1.55. The molecule has 0 spiro atoms. The molecule has 0 saturated heterocycles. The molecule has 4 heteroatoms. The number of rotatable bonds is 7. The fourth-order valence-corrected chi connectivity index (χ4v) is 1.82. The van der Waals surface area contributed by atoms with Crippen molar-refractivity contribution < 1.29 is 19.4 Å². The second kappa shape index (κ2) is 7.79. The molecule has 1 rings (SSSR count). The van der Waals surface area contributed by atoms with Gasteiger partial charge in [0.15, 0.2) is 6.10 Å². The lowest BCUT2D eigenvalue weighted by Crippen LogP contribution is -2.28. The molecule has 1 aromatic rings. The highest BCUT2D eigenvalue weighted by Crippen LogP contribution is 2.18. The number of benzene rings is 1. The Kier molecular flexibility index (Phi) is 6.36. The van der Waals surface area contributed by atoms with Gasteiger partial charge in [-0.1, -0.05) is 19.4 Å². The summed E-state index contributed by atoms with van der Waals surface area (Å²) in [5.41, 5.74) is 1.91. The van der Waals surface area contributed by atoms with E-state index in [1.807, 2.05) is 13.0 Å². The van der Waals surface area contributed by atoms with E-state index in [1.165, 1.54) is 7.11 Å². The topological polar surface area (TPSA) is 55.8 Å². The van der Waals surface area contributed by atoms with Gasteiger partial charge in [0, 0.05) is 13.0 Å². The summed E-state index contributed by atoms with van der Waals surface area (Å²) in [5.74, 6) is -0.133. The molecule has 0 heterocycles. The first-order chi connectivity index (χ1) is 9.08. The minimum absolute atomic E-state index is 0.225. The normalized spacial score (nSPS) is 12.2. The number of carbonyl (C=O) groups excluding carboxylic acids is 1. The van der Waals surface area contributed by atoms with Crippen molar-refractivity contribution in [2.75, 3.05) is 13.7 Å². The third-order valence-corrected chi connectivity index (χ3v) is 3.01. The summed E-state index contributed by atoms with van der Waals surface area (Å²) in [4.78, 5) is 11.7. The number of hydrogen-bond donors (Lipinski definition) is 1. The number of carbonyl (C=O) groups is 1. The molecule has 1 N–H and O–H groups in total. The van der Waals surface area contributed by atoms with E-state index in [1.54, 1.807) is 12.1 Å². The maximum Gasteiger partial charge on any atom is 0.335 e. The molecule has 0 saturated carbocycles. The van der Waals surface area contributed by atoms with E-state index in [9.17, 15) is 9.90 Å². The molecule has 106 valence electrons. The first kappa shape index (κ1) is 15.5. The average molecular weight is 266 g/mol. The van der Waals surface area contributed by atoms with Crippen LogP contribution < -0.4 is 0 Å². The monoisotopic (exact) mass is 266 g/mol. The van der Waals surface area contributed by atoms with Crippen LogP contribution in [-0.4, -0.2) is 30.9 Å². The van der Waals surface area contributed by atoms with Crippen LogP contribution in [0.2, 0.25) is 0 Å². The second-order valence-electron chi connectivity index (χ2n) is 4.55. The molecule has 1 aromatic carbocycles. The highest BCUT2D eigenvalue weighted by atomic mass is 16.6. The Bertz CT molecular complexity index is 415. The minimum Gasteiger partial charge on any atom is -0.508 e. The molecular weight excluding hydrogens is 244 g/mol. The van der Waals surface area contributed by atoms with E-state index in [0.29, 0.717) is 13.0 Å². The van der Waals surface area contributed by atoms with Crippen molar-refractivity contribution in [3.63, 3.8) is 0 Å². The van der Waals surface area contributed by atoms with E-state index >= 15 is 0 Å². The molecule has 1 atom stereocenters. The van der Waals surface area contributed by atoms with Gasteiger partial charge in [0.25, 0.3) is 0 Å². The van der Waals surface area contributed by atoms with Gasteiger partial charge >= 0.3 is 5.97 Å². The fourth-order valence-electron chi connectivity index (χ4n) is 1.82. The number of ether oxygens (including phenoxy) is 2. The quantitative estimate of drug-likeness (QED) is 0.609. The summed E-state index contributed by atoms with van der Waals surface area (Å²) in [6, 6.07) is 5.10. The second-order valence-corrected chi connectivity index (χ2v) is 4.55. The molecule has 0 aliphatic heterocycles. The summed E-state index contributed by atoms with van der Waals surface area (Å²) in [6.07, 6.45) is 1.82. The zero-order chi connectivity index (χ0) is 14.3. The molecule has 19 heavy (non-hydrogen) atoms. The van der Waals surface area contributed by atoms with Gasteiger partial charge in [0.05, 0.1) is 7.11 Å². The van der Waals surface area contributed by atoms with E-state index in [4.69, 9.17) is 9.47 Å². The maximum absolute atomic E-state index is 11.7. The van der Waals surface area contributed by atoms with Crippen LogP contribution in [0.1, 0.15) is 30.9 Å². The number of phenols is 1. The van der Waals surface area contributed by atoms with Crippen LogP contribution in [0.15, 0.2) is 18.2 Å². The molecule has 0 unspecified atom stereocenters. The Morgan fingerprint density at radius 3 is 2.74 bits per heavy atom. The van der Waals surface area contributed by atoms with E-state index in [0.717, 1.165) is 24.0 Å². The Morgan fingerprint density at radius 1 is 1.42 bits per heavy atom. The highest BCUT2D eigenvalue weighted by Gasteiger charge is 2.21. The molecule has 0 amide bonds. The van der Waals surface area contributed by atoms with E-state index in [-0.39, 0.29) is 11.7 Å². The van der Waals surface area contributed by atoms with Gasteiger partial charge in [-0.25, -0.2) is 4.79 Å². The Labute approximate surface area is 114 Å². The van der Waals surface area contributed by atoms with Crippen LogP contribution in [0.5, 0.6) is 5.75 Å². The number of phenolic OH excluding ortho intramolecular Hbond substituents is 1. The molecule has 0 bridgehead atoms. The van der Waals surface area contributed by atoms with Crippen molar-refractivity contribution in [1.29, 1.82) is 0 Å². The summed E-state index contributed by atoms with van der Waals surface area (Å²) in [6.45, 7) is 4.52. The van der Waals surface area contributed by atoms with Gasteiger partial charge in [-0.3, -0.25) is 0 Å². The van der Waals surface area contributed by atoms with Crippen LogP contribution in [-0.2, 0) is 20.7 Å². The summed E-state index contributed by atoms with van der Waals surface area (Å²) in [5, 5.41) is 9.38. The van der Waals surface area contributed by atoms with Crippen LogP contribution in [0.3, 0.4) is 0 Å². The third kappa shape index (κ3) is 4.91. The van der Waals surface area contributed by atoms with Crippen LogP contribution >= 0.6 is 0 Å². The lowest BCUT2D eigenvalue weighted by molar-refractivity contribution is -0.154. The standard InChI is InChI=1S/C15H22O4/c1-4-5-8-19-14(15(17)18-3)10-12-6-7-13(16)9-11(12)2/h6-7,9,14,16H,4-5,8,10H2,1-3H3/t14-/m0/s1. The van der Waals surface area contributed by atoms with Crippen molar-refractivity contribution in [3.8, 4) is 5.75 Å². The van der Waals surface area contributed by atoms with E-state index < -0.39 is 6.10 Å². The van der Waals surface area contributed by atoms with Gasteiger partial charge in [-0.05, 0) is 36.6 Å². The van der Waals surface area contributed by atoms with E-state index in [2.05, 4.69) is 6.92 Å². The molecule has 0 aromatic heterocycles. The zero-order valence-corrected chi connectivity index (χ0v) is 11.8. The number of aryl methyl sites for hydroxylation is 1. The first-order valence-electron chi connectivity index (χ1n) is 6.56. The van der Waals surface area contributed by atoms with Crippen LogP contribution in [0.4, 0.5) is 0 Å². The summed E-state index contributed by atoms with van der Waals surface area (Å²) < 4.78 is 10.4.